The van der Waals surface area contributed by atoms with Crippen molar-refractivity contribution < 1.29 is 0 Å². The van der Waals surface area contributed by atoms with E-state index in [1.807, 2.05) is 18.2 Å². The fourth-order valence-corrected chi connectivity index (χ4v) is 2.32. The van der Waals surface area contributed by atoms with Crippen LogP contribution in [0, 0.1) is 0 Å². The molecule has 0 aromatic carbocycles. The van der Waals surface area contributed by atoms with Gasteiger partial charge in [-0.3, -0.25) is 4.98 Å². The Kier molecular flexibility index (Phi) is 3.61. The molecule has 0 aliphatic heterocycles. The third kappa shape index (κ3) is 3.04. The Balaban J connectivity index is 2.08. The minimum atomic E-state index is -0.00926. The van der Waals surface area contributed by atoms with Crippen LogP contribution in [0.5, 0.6) is 0 Å². The summed E-state index contributed by atoms with van der Waals surface area (Å²) in [5, 5.41) is 4.18. The van der Waals surface area contributed by atoms with Crippen molar-refractivity contribution in [1.29, 1.82) is 0 Å². The van der Waals surface area contributed by atoms with Gasteiger partial charge >= 0.3 is 0 Å². The van der Waals surface area contributed by atoms with Crippen LogP contribution in [0.15, 0.2) is 24.4 Å². The van der Waals surface area contributed by atoms with Gasteiger partial charge in [0.05, 0.1) is 11.7 Å². The maximum absolute atomic E-state index is 4.52. The first kappa shape index (κ1) is 13.0. The molecule has 5 heteroatoms. The first-order valence-electron chi connectivity index (χ1n) is 5.98. The summed E-state index contributed by atoms with van der Waals surface area (Å²) in [7, 11) is 0. The van der Waals surface area contributed by atoms with Crippen molar-refractivity contribution in [3.05, 3.63) is 35.9 Å². The summed E-state index contributed by atoms with van der Waals surface area (Å²) in [6.45, 7) is 8.41. The van der Waals surface area contributed by atoms with Crippen LogP contribution in [-0.2, 0) is 5.41 Å². The molecule has 2 rings (SSSR count). The van der Waals surface area contributed by atoms with Gasteiger partial charge in [0.1, 0.15) is 5.82 Å². The molecule has 2 heterocycles. The van der Waals surface area contributed by atoms with Gasteiger partial charge in [-0.05, 0) is 19.1 Å². The van der Waals surface area contributed by atoms with E-state index in [-0.39, 0.29) is 11.5 Å². The van der Waals surface area contributed by atoms with E-state index in [0.29, 0.717) is 0 Å². The molecule has 0 aliphatic rings. The lowest BCUT2D eigenvalue weighted by molar-refractivity contribution is 0.555. The summed E-state index contributed by atoms with van der Waals surface area (Å²) in [5.74, 6) is 0.878. The number of pyridine rings is 1. The molecule has 0 aliphatic carbocycles. The van der Waals surface area contributed by atoms with Crippen molar-refractivity contribution in [2.24, 2.45) is 0 Å². The molecule has 0 saturated heterocycles. The Morgan fingerprint density at radius 2 is 2.06 bits per heavy atom. The average molecular weight is 262 g/mol. The predicted molar refractivity (Wildman–Crippen MR) is 74.9 cm³/mol. The zero-order valence-corrected chi connectivity index (χ0v) is 12.0. The summed E-state index contributed by atoms with van der Waals surface area (Å²) in [6.07, 6.45) is 1.80. The number of nitrogens with one attached hydrogen (secondary N) is 1. The Bertz CT molecular complexity index is 501. The molecule has 2 aromatic rings. The van der Waals surface area contributed by atoms with E-state index < -0.39 is 0 Å². The molecule has 1 unspecified atom stereocenters. The lowest BCUT2D eigenvalue weighted by Gasteiger charge is -2.13. The van der Waals surface area contributed by atoms with E-state index in [1.165, 1.54) is 11.5 Å². The van der Waals surface area contributed by atoms with Crippen LogP contribution in [0.3, 0.4) is 0 Å². The van der Waals surface area contributed by atoms with Crippen molar-refractivity contribution in [2.75, 3.05) is 5.32 Å². The number of nitrogens with zero attached hydrogens (tertiary/aromatic N) is 3. The molecular formula is C13H18N4S. The Morgan fingerprint density at radius 3 is 2.61 bits per heavy atom. The monoisotopic (exact) mass is 262 g/mol. The van der Waals surface area contributed by atoms with Crippen molar-refractivity contribution >= 4 is 16.7 Å². The molecule has 0 saturated carbocycles. The second-order valence-electron chi connectivity index (χ2n) is 5.29. The molecule has 0 fully saturated rings. The van der Waals surface area contributed by atoms with Crippen molar-refractivity contribution in [1.82, 2.24) is 14.3 Å². The highest BCUT2D eigenvalue weighted by Gasteiger charge is 2.20. The van der Waals surface area contributed by atoms with Crippen LogP contribution < -0.4 is 5.32 Å². The lowest BCUT2D eigenvalue weighted by Crippen LogP contribution is -2.14. The van der Waals surface area contributed by atoms with Gasteiger partial charge in [-0.25, -0.2) is 4.98 Å². The van der Waals surface area contributed by atoms with Crippen LogP contribution >= 0.6 is 11.5 Å². The first-order chi connectivity index (χ1) is 8.47. The van der Waals surface area contributed by atoms with Gasteiger partial charge in [0.25, 0.3) is 0 Å². The van der Waals surface area contributed by atoms with Crippen LogP contribution in [0.2, 0.25) is 0 Å². The van der Waals surface area contributed by atoms with E-state index in [9.17, 15) is 0 Å². The van der Waals surface area contributed by atoms with E-state index in [4.69, 9.17) is 0 Å². The number of hydrogen-bond acceptors (Lipinski definition) is 5. The van der Waals surface area contributed by atoms with Crippen molar-refractivity contribution in [2.45, 2.75) is 39.2 Å². The standard InChI is InChI=1S/C13H18N4S/c1-9(10-7-5-6-8-14-10)15-12-16-11(17-18-12)13(2,3)4/h5-9H,1-4H3,(H,15,16,17). The Labute approximate surface area is 112 Å². The normalized spacial score (nSPS) is 13.3. The minimum absolute atomic E-state index is 0.00926. The second kappa shape index (κ2) is 5.02. The molecule has 0 bridgehead atoms. The molecule has 2 aromatic heterocycles. The third-order valence-corrected chi connectivity index (χ3v) is 3.21. The van der Waals surface area contributed by atoms with E-state index in [0.717, 1.165) is 16.6 Å². The van der Waals surface area contributed by atoms with Crippen molar-refractivity contribution in [3.63, 3.8) is 0 Å². The summed E-state index contributed by atoms with van der Waals surface area (Å²) in [5.41, 5.74) is 0.995. The summed E-state index contributed by atoms with van der Waals surface area (Å²) in [4.78, 5) is 8.84. The first-order valence-corrected chi connectivity index (χ1v) is 6.76. The fourth-order valence-electron chi connectivity index (χ4n) is 1.48. The van der Waals surface area contributed by atoms with Gasteiger partial charge in [0.2, 0.25) is 5.13 Å². The zero-order chi connectivity index (χ0) is 13.2. The van der Waals surface area contributed by atoms with Gasteiger partial charge in [0, 0.05) is 23.1 Å². The lowest BCUT2D eigenvalue weighted by atomic mass is 9.96. The average Bonchev–Trinajstić information content (AvgIpc) is 2.78. The highest BCUT2D eigenvalue weighted by Crippen LogP contribution is 2.25. The number of aromatic nitrogens is 3. The quantitative estimate of drug-likeness (QED) is 0.921. The predicted octanol–water partition coefficient (Wildman–Crippen LogP) is 3.40. The molecule has 1 atom stereocenters. The molecule has 0 radical (unpaired) electrons. The molecular weight excluding hydrogens is 244 g/mol. The van der Waals surface area contributed by atoms with Gasteiger partial charge in [-0.15, -0.1) is 0 Å². The highest BCUT2D eigenvalue weighted by molar-refractivity contribution is 7.09. The molecule has 18 heavy (non-hydrogen) atoms. The molecule has 96 valence electrons. The summed E-state index contributed by atoms with van der Waals surface area (Å²) >= 11 is 1.40. The van der Waals surface area contributed by atoms with Crippen LogP contribution in [0.25, 0.3) is 0 Å². The van der Waals surface area contributed by atoms with Gasteiger partial charge < -0.3 is 5.32 Å². The highest BCUT2D eigenvalue weighted by atomic mass is 32.1. The van der Waals surface area contributed by atoms with Crippen LogP contribution in [0.1, 0.15) is 45.3 Å². The topological polar surface area (TPSA) is 50.7 Å². The summed E-state index contributed by atoms with van der Waals surface area (Å²) < 4.78 is 4.38. The second-order valence-corrected chi connectivity index (χ2v) is 6.05. The molecule has 1 N–H and O–H groups in total. The largest absolute Gasteiger partial charge is 0.352 e. The SMILES string of the molecule is CC(Nc1nc(C(C)(C)C)ns1)c1ccccn1. The van der Waals surface area contributed by atoms with Gasteiger partial charge in [-0.1, -0.05) is 26.8 Å². The number of hydrogen-bond donors (Lipinski definition) is 1. The number of anilines is 1. The molecule has 0 spiro atoms. The molecule has 0 amide bonds. The Morgan fingerprint density at radius 1 is 1.28 bits per heavy atom. The van der Waals surface area contributed by atoms with Crippen LogP contribution in [-0.4, -0.2) is 14.3 Å². The summed E-state index contributed by atoms with van der Waals surface area (Å²) in [6, 6.07) is 6.04. The zero-order valence-electron chi connectivity index (χ0n) is 11.1. The smallest absolute Gasteiger partial charge is 0.203 e. The maximum Gasteiger partial charge on any atom is 0.203 e. The number of rotatable bonds is 3. The fraction of sp³-hybridized carbons (Fsp3) is 0.462. The third-order valence-electron chi connectivity index (χ3n) is 2.57. The van der Waals surface area contributed by atoms with Crippen molar-refractivity contribution in [3.8, 4) is 0 Å². The van der Waals surface area contributed by atoms with Gasteiger partial charge in [-0.2, -0.15) is 4.37 Å². The molecule has 4 nitrogen and oxygen atoms in total. The van der Waals surface area contributed by atoms with E-state index in [1.54, 1.807) is 6.20 Å². The minimum Gasteiger partial charge on any atom is -0.352 e. The van der Waals surface area contributed by atoms with Gasteiger partial charge in [0.15, 0.2) is 0 Å². The van der Waals surface area contributed by atoms with E-state index >= 15 is 0 Å². The van der Waals surface area contributed by atoms with Crippen LogP contribution in [0.4, 0.5) is 5.13 Å². The van der Waals surface area contributed by atoms with E-state index in [2.05, 4.69) is 47.4 Å². The maximum atomic E-state index is 4.52. The Hall–Kier alpha value is -1.49.